The van der Waals surface area contributed by atoms with Crippen molar-refractivity contribution >= 4 is 34.9 Å². The van der Waals surface area contributed by atoms with Gasteiger partial charge in [0.25, 0.3) is 11.6 Å². The number of carbonyl (C=O) groups is 2. The third kappa shape index (κ3) is 6.05. The fourth-order valence-corrected chi connectivity index (χ4v) is 3.60. The zero-order valence-electron chi connectivity index (χ0n) is 20.3. The van der Waals surface area contributed by atoms with Crippen LogP contribution in [0.25, 0.3) is 5.69 Å². The molecule has 3 rings (SSSR count). The Labute approximate surface area is 208 Å². The molecule has 35 heavy (non-hydrogen) atoms. The van der Waals surface area contributed by atoms with Crippen LogP contribution in [0.2, 0.25) is 5.02 Å². The summed E-state index contributed by atoms with van der Waals surface area (Å²) in [7, 11) is 0. The van der Waals surface area contributed by atoms with Gasteiger partial charge < -0.3 is 10.2 Å². The molecule has 2 aromatic carbocycles. The highest BCUT2D eigenvalue weighted by Crippen LogP contribution is 2.29. The summed E-state index contributed by atoms with van der Waals surface area (Å²) in [5.74, 6) is -0.500. The van der Waals surface area contributed by atoms with Gasteiger partial charge in [0.1, 0.15) is 12.4 Å². The molecule has 0 saturated carbocycles. The van der Waals surface area contributed by atoms with E-state index in [1.807, 2.05) is 26.8 Å². The average Bonchev–Trinajstić information content (AvgIpc) is 3.21. The monoisotopic (exact) mass is 497 g/mol. The van der Waals surface area contributed by atoms with Gasteiger partial charge in [0, 0.05) is 35.2 Å². The smallest absolute Gasteiger partial charge is 0.270 e. The molecule has 0 atom stereocenters. The molecule has 0 aliphatic carbocycles. The maximum atomic E-state index is 13.1. The average molecular weight is 498 g/mol. The van der Waals surface area contributed by atoms with Gasteiger partial charge in [0.2, 0.25) is 5.91 Å². The number of anilines is 1. The fourth-order valence-electron chi connectivity index (χ4n) is 3.39. The first-order valence-corrected chi connectivity index (χ1v) is 11.5. The summed E-state index contributed by atoms with van der Waals surface area (Å²) in [4.78, 5) is 38.1. The van der Waals surface area contributed by atoms with E-state index in [9.17, 15) is 19.7 Å². The van der Waals surface area contributed by atoms with E-state index >= 15 is 0 Å². The molecule has 0 aliphatic rings. The normalized spacial score (nSPS) is 11.4. The van der Waals surface area contributed by atoms with E-state index in [0.29, 0.717) is 16.5 Å². The summed E-state index contributed by atoms with van der Waals surface area (Å²) in [6.45, 7) is 9.32. The van der Waals surface area contributed by atoms with Crippen molar-refractivity contribution in [3.05, 3.63) is 81.0 Å². The largest absolute Gasteiger partial charge is 0.327 e. The van der Waals surface area contributed by atoms with Crippen molar-refractivity contribution in [2.45, 2.75) is 46.1 Å². The van der Waals surface area contributed by atoms with Gasteiger partial charge in [-0.2, -0.15) is 5.10 Å². The summed E-state index contributed by atoms with van der Waals surface area (Å²) in [5.41, 5.74) is 1.02. The quantitative estimate of drug-likeness (QED) is 0.355. The molecule has 1 aromatic heterocycles. The van der Waals surface area contributed by atoms with Crippen LogP contribution in [0.3, 0.4) is 0 Å². The Balaban J connectivity index is 1.89. The molecule has 2 amide bonds. The van der Waals surface area contributed by atoms with Gasteiger partial charge in [-0.3, -0.25) is 19.7 Å². The van der Waals surface area contributed by atoms with Crippen LogP contribution in [0.5, 0.6) is 0 Å². The minimum atomic E-state index is -0.564. The van der Waals surface area contributed by atoms with Crippen LogP contribution in [0.15, 0.2) is 54.6 Å². The Morgan fingerprint density at radius 3 is 2.43 bits per heavy atom. The van der Waals surface area contributed by atoms with Gasteiger partial charge in [-0.25, -0.2) is 4.68 Å². The lowest BCUT2D eigenvalue weighted by molar-refractivity contribution is -0.384. The van der Waals surface area contributed by atoms with E-state index in [1.54, 1.807) is 42.8 Å². The molecule has 1 N–H and O–H groups in total. The van der Waals surface area contributed by atoms with E-state index < -0.39 is 16.7 Å². The number of nitro benzene ring substituents is 1. The van der Waals surface area contributed by atoms with E-state index in [4.69, 9.17) is 11.6 Å². The number of rotatable bonds is 7. The number of para-hydroxylation sites is 1. The van der Waals surface area contributed by atoms with Crippen LogP contribution in [-0.4, -0.2) is 44.0 Å². The number of aromatic nitrogens is 2. The summed E-state index contributed by atoms with van der Waals surface area (Å²) in [6.07, 6.45) is 0. The Bertz CT molecular complexity index is 1260. The minimum absolute atomic E-state index is 0.136. The predicted octanol–water partition coefficient (Wildman–Crippen LogP) is 5.22. The van der Waals surface area contributed by atoms with Crippen molar-refractivity contribution in [1.82, 2.24) is 14.7 Å². The van der Waals surface area contributed by atoms with Crippen molar-refractivity contribution in [3.63, 3.8) is 0 Å². The Kier molecular flexibility index (Phi) is 7.60. The van der Waals surface area contributed by atoms with Gasteiger partial charge in [-0.05, 0) is 32.0 Å². The second-order valence-corrected chi connectivity index (χ2v) is 9.82. The highest BCUT2D eigenvalue weighted by Gasteiger charge is 2.26. The summed E-state index contributed by atoms with van der Waals surface area (Å²) in [6, 6.07) is 14.1. The molecular formula is C25H28ClN5O4. The van der Waals surface area contributed by atoms with Gasteiger partial charge in [-0.1, -0.05) is 50.6 Å². The zero-order valence-corrected chi connectivity index (χ0v) is 21.0. The van der Waals surface area contributed by atoms with Crippen LogP contribution in [0.1, 0.15) is 50.7 Å². The highest BCUT2D eigenvalue weighted by atomic mass is 35.5. The van der Waals surface area contributed by atoms with Crippen LogP contribution in [0.4, 0.5) is 11.5 Å². The standard InChI is InChI=1S/C25H28ClN5O4/c1-16(2)29(24(33)17-9-8-10-18(13-17)31(34)35)15-23(32)27-22-14-21(25(3,4)5)28-30(22)20-12-7-6-11-19(20)26/h6-14,16H,15H2,1-5H3,(H,27,32). The molecule has 0 unspecified atom stereocenters. The molecule has 0 saturated heterocycles. The highest BCUT2D eigenvalue weighted by molar-refractivity contribution is 6.32. The Morgan fingerprint density at radius 1 is 1.14 bits per heavy atom. The second kappa shape index (κ2) is 10.3. The first-order chi connectivity index (χ1) is 16.4. The molecule has 0 aliphatic heterocycles. The number of halogens is 1. The van der Waals surface area contributed by atoms with Crippen molar-refractivity contribution in [2.24, 2.45) is 0 Å². The predicted molar refractivity (Wildman–Crippen MR) is 135 cm³/mol. The fraction of sp³-hybridized carbons (Fsp3) is 0.320. The molecular weight excluding hydrogens is 470 g/mol. The van der Waals surface area contributed by atoms with Gasteiger partial charge in [-0.15, -0.1) is 0 Å². The number of nitrogens with one attached hydrogen (secondary N) is 1. The SMILES string of the molecule is CC(C)N(CC(=O)Nc1cc(C(C)(C)C)nn1-c1ccccc1Cl)C(=O)c1cccc([N+](=O)[O-])c1. The van der Waals surface area contributed by atoms with E-state index in [-0.39, 0.29) is 29.3 Å². The van der Waals surface area contributed by atoms with Crippen LogP contribution in [0, 0.1) is 10.1 Å². The third-order valence-corrected chi connectivity index (χ3v) is 5.65. The minimum Gasteiger partial charge on any atom is -0.327 e. The van der Waals surface area contributed by atoms with Gasteiger partial charge in [0.15, 0.2) is 0 Å². The first-order valence-electron chi connectivity index (χ1n) is 11.1. The molecule has 3 aromatic rings. The molecule has 10 heteroatoms. The number of amides is 2. The van der Waals surface area contributed by atoms with Crippen molar-refractivity contribution in [1.29, 1.82) is 0 Å². The lowest BCUT2D eigenvalue weighted by Gasteiger charge is -2.26. The summed E-state index contributed by atoms with van der Waals surface area (Å²) in [5, 5.41) is 19.1. The molecule has 1 heterocycles. The topological polar surface area (TPSA) is 110 Å². The molecule has 0 radical (unpaired) electrons. The first kappa shape index (κ1) is 25.9. The second-order valence-electron chi connectivity index (χ2n) is 9.41. The van der Waals surface area contributed by atoms with E-state index in [0.717, 1.165) is 5.69 Å². The molecule has 0 bridgehead atoms. The summed E-state index contributed by atoms with van der Waals surface area (Å²) < 4.78 is 1.57. The lowest BCUT2D eigenvalue weighted by atomic mass is 9.92. The molecule has 0 spiro atoms. The number of non-ortho nitro benzene ring substituents is 1. The van der Waals surface area contributed by atoms with E-state index in [1.165, 1.54) is 29.2 Å². The number of hydrogen-bond acceptors (Lipinski definition) is 5. The van der Waals surface area contributed by atoms with Crippen molar-refractivity contribution in [3.8, 4) is 5.69 Å². The maximum Gasteiger partial charge on any atom is 0.270 e. The summed E-state index contributed by atoms with van der Waals surface area (Å²) >= 11 is 6.39. The molecule has 0 fully saturated rings. The van der Waals surface area contributed by atoms with E-state index in [2.05, 4.69) is 10.4 Å². The Hall–Kier alpha value is -3.72. The van der Waals surface area contributed by atoms with Gasteiger partial charge >= 0.3 is 0 Å². The number of nitro groups is 1. The number of benzene rings is 2. The van der Waals surface area contributed by atoms with Crippen LogP contribution >= 0.6 is 11.6 Å². The van der Waals surface area contributed by atoms with Crippen molar-refractivity contribution in [2.75, 3.05) is 11.9 Å². The van der Waals surface area contributed by atoms with Crippen LogP contribution < -0.4 is 5.32 Å². The zero-order chi connectivity index (χ0) is 25.9. The van der Waals surface area contributed by atoms with Gasteiger partial charge in [0.05, 0.1) is 21.3 Å². The number of nitrogens with zero attached hydrogens (tertiary/aromatic N) is 4. The van der Waals surface area contributed by atoms with Crippen LogP contribution in [-0.2, 0) is 10.2 Å². The third-order valence-electron chi connectivity index (χ3n) is 5.33. The van der Waals surface area contributed by atoms with Crippen molar-refractivity contribution < 1.29 is 14.5 Å². The lowest BCUT2D eigenvalue weighted by Crippen LogP contribution is -2.42. The molecule has 9 nitrogen and oxygen atoms in total. The number of carbonyl (C=O) groups excluding carboxylic acids is 2. The Morgan fingerprint density at radius 2 is 1.83 bits per heavy atom. The number of hydrogen-bond donors (Lipinski definition) is 1. The molecule has 184 valence electrons. The maximum absolute atomic E-state index is 13.1.